The molecule has 35 heavy (non-hydrogen) atoms. The van der Waals surface area contributed by atoms with Crippen LogP contribution in [0.5, 0.6) is 5.75 Å². The van der Waals surface area contributed by atoms with E-state index >= 15 is 0 Å². The van der Waals surface area contributed by atoms with Gasteiger partial charge >= 0.3 is 0 Å². The summed E-state index contributed by atoms with van der Waals surface area (Å²) in [5.74, 6) is 0.718. The van der Waals surface area contributed by atoms with Crippen molar-refractivity contribution in [2.45, 2.75) is 58.0 Å². The first-order chi connectivity index (χ1) is 17.1. The Morgan fingerprint density at radius 2 is 1.97 bits per heavy atom. The van der Waals surface area contributed by atoms with Crippen molar-refractivity contribution in [3.63, 3.8) is 0 Å². The zero-order valence-corrected chi connectivity index (χ0v) is 20.8. The number of hydrogen-bond donors (Lipinski definition) is 1. The summed E-state index contributed by atoms with van der Waals surface area (Å²) in [6, 6.07) is 9.78. The average molecular weight is 491 g/mol. The van der Waals surface area contributed by atoms with Crippen LogP contribution in [-0.2, 0) is 6.54 Å². The van der Waals surface area contributed by atoms with Gasteiger partial charge in [-0.3, -0.25) is 18.4 Å². The van der Waals surface area contributed by atoms with E-state index in [0.717, 1.165) is 54.9 Å². The van der Waals surface area contributed by atoms with Crippen LogP contribution >= 0.6 is 11.5 Å². The minimum Gasteiger partial charge on any atom is -0.491 e. The molecule has 1 saturated heterocycles. The number of rotatable bonds is 2. The van der Waals surface area contributed by atoms with Gasteiger partial charge in [-0.2, -0.15) is 0 Å². The minimum atomic E-state index is -0.251. The first kappa shape index (κ1) is 22.5. The largest absolute Gasteiger partial charge is 0.491 e. The lowest BCUT2D eigenvalue weighted by Crippen LogP contribution is -2.29. The van der Waals surface area contributed by atoms with E-state index in [4.69, 9.17) is 9.72 Å². The topological polar surface area (TPSA) is 80.2 Å². The number of piperidine rings is 1. The summed E-state index contributed by atoms with van der Waals surface area (Å²) in [5.41, 5.74) is 3.27. The number of nitrogens with zero attached hydrogens (tertiary/aromatic N) is 3. The highest BCUT2D eigenvalue weighted by molar-refractivity contribution is 7.14. The number of benzene rings is 2. The van der Waals surface area contributed by atoms with Crippen molar-refractivity contribution < 1.29 is 4.74 Å². The van der Waals surface area contributed by atoms with E-state index in [0.29, 0.717) is 34.3 Å². The van der Waals surface area contributed by atoms with Crippen LogP contribution in [0.2, 0.25) is 0 Å². The number of hydrogen-bond acceptors (Lipinski definition) is 6. The molecule has 1 N–H and O–H groups in total. The van der Waals surface area contributed by atoms with Crippen LogP contribution in [0.3, 0.4) is 0 Å². The molecule has 0 spiro atoms. The van der Waals surface area contributed by atoms with Crippen molar-refractivity contribution in [2.75, 3.05) is 19.7 Å². The summed E-state index contributed by atoms with van der Waals surface area (Å²) in [6.07, 6.45) is 6.53. The maximum absolute atomic E-state index is 13.3. The molecule has 182 valence electrons. The predicted octanol–water partition coefficient (Wildman–Crippen LogP) is 5.08. The van der Waals surface area contributed by atoms with Crippen LogP contribution in [0.1, 0.15) is 57.1 Å². The molecular weight excluding hydrogens is 460 g/mol. The molecule has 7 nitrogen and oxygen atoms in total. The monoisotopic (exact) mass is 490 g/mol. The van der Waals surface area contributed by atoms with Crippen LogP contribution in [-0.4, -0.2) is 38.5 Å². The number of fused-ring (bicyclic) bond motifs is 3. The third-order valence-electron chi connectivity index (χ3n) is 7.24. The van der Waals surface area contributed by atoms with Gasteiger partial charge in [-0.05, 0) is 75.9 Å². The molecule has 1 atom stereocenters. The molecule has 4 heterocycles. The molecule has 1 fully saturated rings. The Morgan fingerprint density at radius 3 is 2.83 bits per heavy atom. The maximum Gasteiger partial charge on any atom is 0.275 e. The maximum atomic E-state index is 13.3. The van der Waals surface area contributed by atoms with E-state index in [1.54, 1.807) is 0 Å². The average Bonchev–Trinajstić information content (AvgIpc) is 3.20. The zero-order valence-electron chi connectivity index (χ0n) is 20.0. The smallest absolute Gasteiger partial charge is 0.275 e. The van der Waals surface area contributed by atoms with Crippen LogP contribution in [0.15, 0.2) is 39.9 Å². The number of H-pyrrole nitrogens is 1. The molecule has 0 amide bonds. The third-order valence-corrected chi connectivity index (χ3v) is 8.59. The summed E-state index contributed by atoms with van der Waals surface area (Å²) in [4.78, 5) is 36.8. The van der Waals surface area contributed by atoms with Gasteiger partial charge in [-0.15, -0.1) is 0 Å². The lowest BCUT2D eigenvalue weighted by Gasteiger charge is -2.26. The summed E-state index contributed by atoms with van der Waals surface area (Å²) < 4.78 is 8.93. The van der Waals surface area contributed by atoms with Crippen LogP contribution in [0.25, 0.3) is 32.4 Å². The summed E-state index contributed by atoms with van der Waals surface area (Å²) in [6.45, 7) is 5.71. The number of nitrogens with one attached hydrogen (secondary N) is 1. The first-order valence-electron chi connectivity index (χ1n) is 12.7. The second-order valence-electron chi connectivity index (χ2n) is 9.84. The van der Waals surface area contributed by atoms with Crippen molar-refractivity contribution in [3.05, 3.63) is 56.6 Å². The van der Waals surface area contributed by atoms with Crippen molar-refractivity contribution in [2.24, 2.45) is 0 Å². The third kappa shape index (κ3) is 4.19. The highest BCUT2D eigenvalue weighted by Crippen LogP contribution is 2.33. The van der Waals surface area contributed by atoms with E-state index in [9.17, 15) is 9.59 Å². The lowest BCUT2D eigenvalue weighted by atomic mass is 10.1. The minimum absolute atomic E-state index is 0.00531. The SMILES string of the molecule is C[C@H]1CCCCOc2cc(CN3CCCCC3)cc3[nH]c(=O)c(nc23)-c2cccc3c(=O)n1sc23. The van der Waals surface area contributed by atoms with Gasteiger partial charge in [-0.1, -0.05) is 30.1 Å². The fourth-order valence-electron chi connectivity index (χ4n) is 5.36. The molecule has 2 aromatic heterocycles. The quantitative estimate of drug-likeness (QED) is 0.424. The highest BCUT2D eigenvalue weighted by atomic mass is 32.1. The Morgan fingerprint density at radius 1 is 1.11 bits per heavy atom. The van der Waals surface area contributed by atoms with Gasteiger partial charge < -0.3 is 9.72 Å². The molecule has 8 heteroatoms. The molecule has 0 radical (unpaired) electrons. The molecule has 4 bridgehead atoms. The van der Waals surface area contributed by atoms with Crippen molar-refractivity contribution in [1.82, 2.24) is 18.8 Å². The van der Waals surface area contributed by atoms with E-state index in [1.807, 2.05) is 28.2 Å². The molecule has 2 aliphatic rings. The number of aromatic nitrogens is 3. The van der Waals surface area contributed by atoms with Gasteiger partial charge in [-0.25, -0.2) is 4.98 Å². The summed E-state index contributed by atoms with van der Waals surface area (Å²) in [5, 5.41) is 0.642. The van der Waals surface area contributed by atoms with Gasteiger partial charge in [0.25, 0.3) is 11.1 Å². The normalized spacial score (nSPS) is 19.3. The number of ether oxygens (including phenoxy) is 1. The molecule has 4 aromatic rings. The van der Waals surface area contributed by atoms with E-state index in [1.165, 1.54) is 30.8 Å². The van der Waals surface area contributed by atoms with Gasteiger partial charge in [0.05, 0.1) is 22.2 Å². The van der Waals surface area contributed by atoms with Crippen LogP contribution < -0.4 is 15.9 Å². The van der Waals surface area contributed by atoms with Crippen molar-refractivity contribution >= 4 is 32.7 Å². The molecule has 2 aliphatic heterocycles. The Hall–Kier alpha value is -2.97. The first-order valence-corrected chi connectivity index (χ1v) is 13.4. The van der Waals surface area contributed by atoms with Gasteiger partial charge in [0.2, 0.25) is 0 Å². The standard InChI is InChI=1S/C27H30N4O3S/c1-17-8-3-6-13-34-22-15-18(16-30-11-4-2-5-12-30)14-21-24(22)29-23(26(32)28-21)19-9-7-10-20-25(19)35-31(17)27(20)33/h7,9-10,14-15,17H,2-6,8,11-13,16H2,1H3,(H,28,32)/t17-/m0/s1. The van der Waals surface area contributed by atoms with Gasteiger partial charge in [0, 0.05) is 18.2 Å². The number of likely N-dealkylation sites (tertiary alicyclic amines) is 1. The van der Waals surface area contributed by atoms with Crippen molar-refractivity contribution in [3.8, 4) is 17.0 Å². The summed E-state index contributed by atoms with van der Waals surface area (Å²) >= 11 is 1.44. The van der Waals surface area contributed by atoms with Gasteiger partial charge in [0.1, 0.15) is 17.0 Å². The van der Waals surface area contributed by atoms with E-state index in [-0.39, 0.29) is 17.2 Å². The Labute approximate surface area is 207 Å². The Bertz CT molecular complexity index is 1510. The Balaban J connectivity index is 1.53. The summed E-state index contributed by atoms with van der Waals surface area (Å²) in [7, 11) is 0. The molecule has 0 unspecified atom stereocenters. The number of aromatic amines is 1. The molecular formula is C27H30N4O3S. The second-order valence-corrected chi connectivity index (χ2v) is 10.8. The van der Waals surface area contributed by atoms with Crippen LogP contribution in [0, 0.1) is 0 Å². The molecule has 6 rings (SSSR count). The van der Waals surface area contributed by atoms with Crippen LogP contribution in [0.4, 0.5) is 0 Å². The predicted molar refractivity (Wildman–Crippen MR) is 141 cm³/mol. The van der Waals surface area contributed by atoms with E-state index < -0.39 is 0 Å². The molecule has 0 aliphatic carbocycles. The van der Waals surface area contributed by atoms with Gasteiger partial charge in [0.15, 0.2) is 0 Å². The lowest BCUT2D eigenvalue weighted by molar-refractivity contribution is 0.220. The second kappa shape index (κ2) is 9.24. The fraction of sp³-hybridized carbons (Fsp3) is 0.444. The van der Waals surface area contributed by atoms with Crippen molar-refractivity contribution in [1.29, 1.82) is 0 Å². The van der Waals surface area contributed by atoms with E-state index in [2.05, 4.69) is 22.9 Å². The molecule has 0 saturated carbocycles. The molecule has 2 aromatic carbocycles. The highest BCUT2D eigenvalue weighted by Gasteiger charge is 2.21. The fourth-order valence-corrected chi connectivity index (χ4v) is 6.54. The zero-order chi connectivity index (χ0) is 23.9. The Kier molecular flexibility index (Phi) is 5.94.